The zero-order chi connectivity index (χ0) is 8.97. The van der Waals surface area contributed by atoms with Crippen LogP contribution in [0.15, 0.2) is 6.33 Å². The van der Waals surface area contributed by atoms with E-state index < -0.39 is 5.97 Å². The minimum Gasteiger partial charge on any atom is -0.461 e. The first-order valence-corrected chi connectivity index (χ1v) is 3.35. The van der Waals surface area contributed by atoms with E-state index >= 15 is 0 Å². The average molecular weight is 167 g/mol. The molecule has 1 aromatic rings. The number of esters is 1. The van der Waals surface area contributed by atoms with Crippen LogP contribution < -0.4 is 0 Å². The maximum absolute atomic E-state index is 11.0. The highest BCUT2D eigenvalue weighted by atomic mass is 16.5. The summed E-state index contributed by atoms with van der Waals surface area (Å²) in [7, 11) is 0. The van der Waals surface area contributed by atoms with Crippen LogP contribution in [0.3, 0.4) is 0 Å². The number of hydrogen-bond acceptors (Lipinski definition) is 4. The third-order valence-electron chi connectivity index (χ3n) is 1.19. The van der Waals surface area contributed by atoms with Gasteiger partial charge in [-0.25, -0.2) is 4.79 Å². The van der Waals surface area contributed by atoms with Gasteiger partial charge in [0, 0.05) is 4.98 Å². The van der Waals surface area contributed by atoms with Gasteiger partial charge in [0.1, 0.15) is 0 Å². The Morgan fingerprint density at radius 3 is 3.25 bits per heavy atom. The molecule has 1 aromatic heterocycles. The lowest BCUT2D eigenvalue weighted by Gasteiger charge is -1.94. The third-order valence-corrected chi connectivity index (χ3v) is 1.19. The van der Waals surface area contributed by atoms with Gasteiger partial charge in [-0.2, -0.15) is 0 Å². The van der Waals surface area contributed by atoms with E-state index in [0.29, 0.717) is 0 Å². The Kier molecular flexibility index (Phi) is 2.38. The number of aromatic amines is 1. The highest BCUT2D eigenvalue weighted by Gasteiger charge is 2.24. The molecule has 12 heavy (non-hydrogen) atoms. The largest absolute Gasteiger partial charge is 0.497 e. The number of rotatable bonds is 2. The number of nitrogens with zero attached hydrogens (tertiary/aromatic N) is 3. The van der Waals surface area contributed by atoms with Crippen LogP contribution in [-0.2, 0) is 4.74 Å². The molecule has 0 aliphatic carbocycles. The smallest absolute Gasteiger partial charge is 0.461 e. The van der Waals surface area contributed by atoms with Crippen LogP contribution in [0.2, 0.25) is 0 Å². The summed E-state index contributed by atoms with van der Waals surface area (Å²) in [6.45, 7) is 1.95. The van der Waals surface area contributed by atoms with Gasteiger partial charge in [-0.1, -0.05) is 0 Å². The number of carbonyl (C=O) groups is 1. The molecule has 1 N–H and O–H groups in total. The predicted molar refractivity (Wildman–Crippen MR) is 39.3 cm³/mol. The fraction of sp³-hybridized carbons (Fsp3) is 0.333. The Labute approximate surface area is 68.2 Å². The van der Waals surface area contributed by atoms with E-state index in [1.165, 1.54) is 6.33 Å². The molecule has 0 saturated heterocycles. The van der Waals surface area contributed by atoms with Crippen LogP contribution in [-0.4, -0.2) is 22.5 Å². The number of carbonyl (C=O) groups excluding carboxylic acids is 1. The van der Waals surface area contributed by atoms with E-state index in [4.69, 9.17) is 5.39 Å². The number of ether oxygens (including phenoxy) is 1. The second-order valence-corrected chi connectivity index (χ2v) is 1.92. The van der Waals surface area contributed by atoms with Gasteiger partial charge in [-0.05, 0) is 11.9 Å². The monoisotopic (exact) mass is 167 g/mol. The number of aromatic nitrogens is 2. The van der Waals surface area contributed by atoms with Crippen molar-refractivity contribution < 1.29 is 9.53 Å². The molecule has 6 heteroatoms. The van der Waals surface area contributed by atoms with Gasteiger partial charge >= 0.3 is 11.8 Å². The molecule has 1 rings (SSSR count). The molecule has 0 aliphatic rings. The number of nitrogens with one attached hydrogen (secondary N) is 1. The number of imidazole rings is 1. The number of H-pyrrole nitrogens is 1. The molecule has 0 fully saturated rings. The molecule has 0 amide bonds. The lowest BCUT2D eigenvalue weighted by atomic mass is 10.4. The molecule has 0 atom stereocenters. The first-order chi connectivity index (χ1) is 5.79. The normalized spacial score (nSPS) is 9.00. The second kappa shape index (κ2) is 3.48. The molecule has 6 nitrogen and oxygen atoms in total. The Morgan fingerprint density at radius 2 is 2.67 bits per heavy atom. The number of diazo groups is 1. The van der Waals surface area contributed by atoms with Gasteiger partial charge in [0.2, 0.25) is 12.0 Å². The predicted octanol–water partition coefficient (Wildman–Crippen LogP) is 1.07. The number of hydrogen-bond donors (Lipinski definition) is 1. The zero-order valence-corrected chi connectivity index (χ0v) is 6.44. The molecule has 0 spiro atoms. The Bertz CT molecular complexity index is 325. The van der Waals surface area contributed by atoms with E-state index in [-0.39, 0.29) is 18.1 Å². The summed E-state index contributed by atoms with van der Waals surface area (Å²) < 4.78 is 4.65. The average Bonchev–Trinajstić information content (AvgIpc) is 2.51. The molecular weight excluding hydrogens is 160 g/mol. The summed E-state index contributed by atoms with van der Waals surface area (Å²) >= 11 is 0. The molecule has 0 aliphatic heterocycles. The molecule has 1 heterocycles. The standard InChI is InChI=1S/C6H6N4O2/c1-2-12-6(11)4-5(10-7)9-3-8-4/h3H,2H2,1H3/p+1. The molecule has 0 bridgehead atoms. The SMILES string of the molecule is CCOC(=O)c1[nH]cnc1[N+]#N. The maximum atomic E-state index is 11.0. The van der Waals surface area contributed by atoms with Crippen molar-refractivity contribution in [1.82, 2.24) is 9.97 Å². The van der Waals surface area contributed by atoms with Crippen molar-refractivity contribution in [2.24, 2.45) is 0 Å². The minimum absolute atomic E-state index is 0.0550. The maximum Gasteiger partial charge on any atom is 0.497 e. The Balaban J connectivity index is 2.88. The van der Waals surface area contributed by atoms with Crippen molar-refractivity contribution in [3.8, 4) is 0 Å². The summed E-state index contributed by atoms with van der Waals surface area (Å²) in [6.07, 6.45) is 1.25. The second-order valence-electron chi connectivity index (χ2n) is 1.92. The van der Waals surface area contributed by atoms with Crippen molar-refractivity contribution >= 4 is 11.8 Å². The van der Waals surface area contributed by atoms with Gasteiger partial charge in [0.15, 0.2) is 0 Å². The Hall–Kier alpha value is -1.90. The van der Waals surface area contributed by atoms with Crippen molar-refractivity contribution in [2.45, 2.75) is 6.92 Å². The van der Waals surface area contributed by atoms with Gasteiger partial charge in [-0.15, -0.1) is 0 Å². The van der Waals surface area contributed by atoms with Crippen molar-refractivity contribution in [3.63, 3.8) is 0 Å². The van der Waals surface area contributed by atoms with Gasteiger partial charge in [0.25, 0.3) is 0 Å². The molecule has 0 radical (unpaired) electrons. The van der Waals surface area contributed by atoms with Crippen LogP contribution in [0.4, 0.5) is 5.82 Å². The van der Waals surface area contributed by atoms with Crippen molar-refractivity contribution in [1.29, 1.82) is 5.39 Å². The quantitative estimate of drug-likeness (QED) is 0.527. The van der Waals surface area contributed by atoms with Gasteiger partial charge in [0.05, 0.1) is 12.0 Å². The summed E-state index contributed by atoms with van der Waals surface area (Å²) in [4.78, 5) is 19.9. The summed E-state index contributed by atoms with van der Waals surface area (Å²) in [5.74, 6) is -0.642. The van der Waals surface area contributed by atoms with E-state index in [0.717, 1.165) is 0 Å². The summed E-state index contributed by atoms with van der Waals surface area (Å²) in [5.41, 5.74) is 0.0550. The van der Waals surface area contributed by atoms with Gasteiger partial charge < -0.3 is 9.72 Å². The van der Waals surface area contributed by atoms with Crippen LogP contribution in [0.5, 0.6) is 0 Å². The minimum atomic E-state index is -0.581. The molecule has 0 unspecified atom stereocenters. The zero-order valence-electron chi connectivity index (χ0n) is 6.44. The lowest BCUT2D eigenvalue weighted by Crippen LogP contribution is -2.04. The van der Waals surface area contributed by atoms with Gasteiger partial charge in [-0.3, -0.25) is 0 Å². The molecule has 0 aromatic carbocycles. The van der Waals surface area contributed by atoms with Crippen LogP contribution in [0, 0.1) is 5.39 Å². The topological polar surface area (TPSA) is 83.1 Å². The van der Waals surface area contributed by atoms with E-state index in [2.05, 4.69) is 19.7 Å². The lowest BCUT2D eigenvalue weighted by molar-refractivity contribution is 0.0521. The highest BCUT2D eigenvalue weighted by Crippen LogP contribution is 2.13. The van der Waals surface area contributed by atoms with Crippen LogP contribution in [0.1, 0.15) is 17.4 Å². The fourth-order valence-electron chi connectivity index (χ4n) is 0.716. The molecule has 62 valence electrons. The Morgan fingerprint density at radius 1 is 1.92 bits per heavy atom. The first-order valence-electron chi connectivity index (χ1n) is 3.35. The molecular formula is C6H7N4O2+. The van der Waals surface area contributed by atoms with E-state index in [1.807, 2.05) is 0 Å². The van der Waals surface area contributed by atoms with Crippen molar-refractivity contribution in [3.05, 3.63) is 17.0 Å². The van der Waals surface area contributed by atoms with E-state index in [9.17, 15) is 4.79 Å². The van der Waals surface area contributed by atoms with Crippen LogP contribution >= 0.6 is 0 Å². The third kappa shape index (κ3) is 1.40. The molecule has 0 saturated carbocycles. The summed E-state index contributed by atoms with van der Waals surface area (Å²) in [5, 5.41) is 8.36. The summed E-state index contributed by atoms with van der Waals surface area (Å²) in [6, 6.07) is 0. The first kappa shape index (κ1) is 8.20. The van der Waals surface area contributed by atoms with Crippen molar-refractivity contribution in [2.75, 3.05) is 6.61 Å². The van der Waals surface area contributed by atoms with E-state index in [1.54, 1.807) is 6.92 Å². The fourth-order valence-corrected chi connectivity index (χ4v) is 0.716. The van der Waals surface area contributed by atoms with Crippen LogP contribution in [0.25, 0.3) is 4.98 Å². The highest BCUT2D eigenvalue weighted by molar-refractivity contribution is 5.92.